The smallest absolute Gasteiger partial charge is 0.203 e. The van der Waals surface area contributed by atoms with Crippen molar-refractivity contribution in [2.24, 2.45) is 0 Å². The molecule has 16 heavy (non-hydrogen) atoms. The van der Waals surface area contributed by atoms with Crippen molar-refractivity contribution in [3.8, 4) is 5.75 Å². The minimum Gasteiger partial charge on any atom is -0.495 e. The number of ether oxygens (including phenoxy) is 1. The molecule has 2 rings (SSSR count). The summed E-state index contributed by atoms with van der Waals surface area (Å²) >= 11 is 1.38. The van der Waals surface area contributed by atoms with Crippen molar-refractivity contribution in [3.63, 3.8) is 0 Å². The molecule has 0 fully saturated rings. The molecule has 0 unspecified atom stereocenters. The number of nitrogens with two attached hydrogens (primary N) is 2. The maximum atomic E-state index is 5.81. The molecule has 0 aliphatic rings. The van der Waals surface area contributed by atoms with Gasteiger partial charge in [0.15, 0.2) is 0 Å². The SMILES string of the molecule is COc1ccc(Cc2nnc(N)s2)cc1N. The fraction of sp³-hybridized carbons (Fsp3) is 0.200. The van der Waals surface area contributed by atoms with E-state index in [9.17, 15) is 0 Å². The Morgan fingerprint density at radius 2 is 2.12 bits per heavy atom. The molecule has 0 spiro atoms. The van der Waals surface area contributed by atoms with Gasteiger partial charge < -0.3 is 16.2 Å². The van der Waals surface area contributed by atoms with Crippen LogP contribution in [0.3, 0.4) is 0 Å². The third-order valence-electron chi connectivity index (χ3n) is 2.13. The van der Waals surface area contributed by atoms with Crippen molar-refractivity contribution in [1.82, 2.24) is 10.2 Å². The second-order valence-corrected chi connectivity index (χ2v) is 4.38. The Hall–Kier alpha value is -1.82. The molecule has 84 valence electrons. The van der Waals surface area contributed by atoms with Crippen LogP contribution in [0.2, 0.25) is 0 Å². The van der Waals surface area contributed by atoms with Crippen molar-refractivity contribution in [3.05, 3.63) is 28.8 Å². The summed E-state index contributed by atoms with van der Waals surface area (Å²) in [4.78, 5) is 0. The van der Waals surface area contributed by atoms with Gasteiger partial charge in [0.1, 0.15) is 10.8 Å². The average molecular weight is 236 g/mol. The molecule has 0 radical (unpaired) electrons. The first-order chi connectivity index (χ1) is 7.69. The fourth-order valence-corrected chi connectivity index (χ4v) is 2.05. The zero-order valence-corrected chi connectivity index (χ0v) is 9.62. The molecule has 0 atom stereocenters. The predicted molar refractivity (Wildman–Crippen MR) is 64.5 cm³/mol. The van der Waals surface area contributed by atoms with Gasteiger partial charge in [0, 0.05) is 6.42 Å². The molecule has 1 aromatic heterocycles. The molecule has 0 saturated heterocycles. The van der Waals surface area contributed by atoms with Gasteiger partial charge in [-0.15, -0.1) is 10.2 Å². The Kier molecular flexibility index (Phi) is 2.91. The van der Waals surface area contributed by atoms with Crippen LogP contribution in [0.1, 0.15) is 10.6 Å². The summed E-state index contributed by atoms with van der Waals surface area (Å²) in [6.45, 7) is 0. The summed E-state index contributed by atoms with van der Waals surface area (Å²) in [7, 11) is 1.59. The van der Waals surface area contributed by atoms with Gasteiger partial charge in [-0.2, -0.15) is 0 Å². The number of rotatable bonds is 3. The highest BCUT2D eigenvalue weighted by molar-refractivity contribution is 7.15. The van der Waals surface area contributed by atoms with Crippen LogP contribution in [0.25, 0.3) is 0 Å². The molecule has 4 N–H and O–H groups in total. The highest BCUT2D eigenvalue weighted by atomic mass is 32.1. The molecule has 1 heterocycles. The average Bonchev–Trinajstić information content (AvgIpc) is 2.64. The predicted octanol–water partition coefficient (Wildman–Crippen LogP) is 1.30. The standard InChI is InChI=1S/C10H12N4OS/c1-15-8-3-2-6(4-7(8)11)5-9-13-14-10(12)16-9/h2-4H,5,11H2,1H3,(H2,12,14). The number of methoxy groups -OCH3 is 1. The minimum atomic E-state index is 0.483. The van der Waals surface area contributed by atoms with Crippen LogP contribution >= 0.6 is 11.3 Å². The van der Waals surface area contributed by atoms with Crippen molar-refractivity contribution in [2.45, 2.75) is 6.42 Å². The summed E-state index contributed by atoms with van der Waals surface area (Å²) in [6.07, 6.45) is 0.684. The van der Waals surface area contributed by atoms with Gasteiger partial charge in [0.2, 0.25) is 5.13 Å². The third kappa shape index (κ3) is 2.22. The Labute approximate surface area is 97.1 Å². The molecular formula is C10H12N4OS. The Morgan fingerprint density at radius 1 is 1.31 bits per heavy atom. The van der Waals surface area contributed by atoms with Gasteiger partial charge in [-0.25, -0.2) is 0 Å². The molecule has 5 nitrogen and oxygen atoms in total. The van der Waals surface area contributed by atoms with E-state index in [1.54, 1.807) is 7.11 Å². The number of hydrogen-bond acceptors (Lipinski definition) is 6. The Balaban J connectivity index is 2.19. The summed E-state index contributed by atoms with van der Waals surface area (Å²) in [5, 5.41) is 9.07. The maximum absolute atomic E-state index is 5.81. The van der Waals surface area contributed by atoms with Crippen LogP contribution in [0, 0.1) is 0 Å². The monoisotopic (exact) mass is 236 g/mol. The Morgan fingerprint density at radius 3 is 2.69 bits per heavy atom. The highest BCUT2D eigenvalue weighted by Gasteiger charge is 2.05. The molecule has 2 aromatic rings. The normalized spacial score (nSPS) is 10.3. The minimum absolute atomic E-state index is 0.483. The lowest BCUT2D eigenvalue weighted by Gasteiger charge is -2.05. The maximum Gasteiger partial charge on any atom is 0.203 e. The van der Waals surface area contributed by atoms with Crippen LogP contribution in [0.4, 0.5) is 10.8 Å². The lowest BCUT2D eigenvalue weighted by molar-refractivity contribution is 0.417. The molecule has 0 amide bonds. The van der Waals surface area contributed by atoms with Crippen molar-refractivity contribution in [2.75, 3.05) is 18.6 Å². The number of benzene rings is 1. The van der Waals surface area contributed by atoms with Gasteiger partial charge in [-0.05, 0) is 17.7 Å². The quantitative estimate of drug-likeness (QED) is 0.784. The number of nitrogen functional groups attached to an aromatic ring is 2. The number of anilines is 2. The van der Waals surface area contributed by atoms with Crippen LogP contribution in [-0.4, -0.2) is 17.3 Å². The van der Waals surface area contributed by atoms with Crippen LogP contribution in [0.15, 0.2) is 18.2 Å². The first-order valence-corrected chi connectivity index (χ1v) is 5.51. The lowest BCUT2D eigenvalue weighted by Crippen LogP contribution is -1.95. The summed E-state index contributed by atoms with van der Waals surface area (Å²) in [5.41, 5.74) is 13.0. The number of hydrogen-bond donors (Lipinski definition) is 2. The molecule has 6 heteroatoms. The van der Waals surface area contributed by atoms with Crippen LogP contribution in [0.5, 0.6) is 5.75 Å². The third-order valence-corrected chi connectivity index (χ3v) is 2.88. The first kappa shape index (κ1) is 10.7. The van der Waals surface area contributed by atoms with E-state index in [-0.39, 0.29) is 0 Å². The van der Waals surface area contributed by atoms with E-state index in [1.807, 2.05) is 18.2 Å². The van der Waals surface area contributed by atoms with Gasteiger partial charge in [-0.3, -0.25) is 0 Å². The van der Waals surface area contributed by atoms with Crippen LogP contribution in [-0.2, 0) is 6.42 Å². The van der Waals surface area contributed by atoms with Crippen molar-refractivity contribution >= 4 is 22.2 Å². The van der Waals surface area contributed by atoms with Gasteiger partial charge in [-0.1, -0.05) is 17.4 Å². The molecule has 0 bridgehead atoms. The zero-order chi connectivity index (χ0) is 11.5. The molecule has 1 aromatic carbocycles. The van der Waals surface area contributed by atoms with E-state index in [0.717, 1.165) is 10.6 Å². The topological polar surface area (TPSA) is 87.0 Å². The van der Waals surface area contributed by atoms with E-state index < -0.39 is 0 Å². The van der Waals surface area contributed by atoms with E-state index in [1.165, 1.54) is 11.3 Å². The molecule has 0 saturated carbocycles. The summed E-state index contributed by atoms with van der Waals surface area (Å²) < 4.78 is 5.08. The van der Waals surface area contributed by atoms with E-state index in [0.29, 0.717) is 23.0 Å². The summed E-state index contributed by atoms with van der Waals surface area (Å²) in [5.74, 6) is 0.681. The first-order valence-electron chi connectivity index (χ1n) is 4.69. The lowest BCUT2D eigenvalue weighted by atomic mass is 10.1. The molecule has 0 aliphatic carbocycles. The second kappa shape index (κ2) is 4.36. The van der Waals surface area contributed by atoms with Crippen molar-refractivity contribution in [1.29, 1.82) is 0 Å². The second-order valence-electron chi connectivity index (χ2n) is 3.29. The highest BCUT2D eigenvalue weighted by Crippen LogP contribution is 2.24. The largest absolute Gasteiger partial charge is 0.495 e. The Bertz CT molecular complexity index is 497. The van der Waals surface area contributed by atoms with Crippen molar-refractivity contribution < 1.29 is 4.74 Å². The van der Waals surface area contributed by atoms with Gasteiger partial charge >= 0.3 is 0 Å². The van der Waals surface area contributed by atoms with Crippen LogP contribution < -0.4 is 16.2 Å². The van der Waals surface area contributed by atoms with Gasteiger partial charge in [0.05, 0.1) is 12.8 Å². The van der Waals surface area contributed by atoms with E-state index in [2.05, 4.69) is 10.2 Å². The number of aromatic nitrogens is 2. The molecular weight excluding hydrogens is 224 g/mol. The van der Waals surface area contributed by atoms with E-state index in [4.69, 9.17) is 16.2 Å². The number of nitrogens with zero attached hydrogens (tertiary/aromatic N) is 2. The van der Waals surface area contributed by atoms with Gasteiger partial charge in [0.25, 0.3) is 0 Å². The molecule has 0 aliphatic heterocycles. The fourth-order valence-electron chi connectivity index (χ4n) is 1.41. The van der Waals surface area contributed by atoms with E-state index >= 15 is 0 Å². The summed E-state index contributed by atoms with van der Waals surface area (Å²) in [6, 6.07) is 5.66. The zero-order valence-electron chi connectivity index (χ0n) is 8.80.